The van der Waals surface area contributed by atoms with E-state index in [2.05, 4.69) is 10.1 Å². The van der Waals surface area contributed by atoms with Crippen LogP contribution in [0.5, 0.6) is 11.5 Å². The minimum atomic E-state index is -0.507. The maximum absolute atomic E-state index is 5.88. The van der Waals surface area contributed by atoms with Gasteiger partial charge in [-0.3, -0.25) is 0 Å². The van der Waals surface area contributed by atoms with Crippen molar-refractivity contribution in [2.45, 2.75) is 19.1 Å². The Balaban J connectivity index is 1.76. The molecule has 0 saturated heterocycles. The number of nitrogens with zero attached hydrogens (tertiary/aromatic N) is 3. The normalized spacial score (nSPS) is 13.5. The Hall–Kier alpha value is -2.37. The van der Waals surface area contributed by atoms with Crippen LogP contribution in [0.15, 0.2) is 61.2 Å². The number of aromatic nitrogens is 3. The number of hydrogen-bond acceptors (Lipinski definition) is 4. The average molecular weight is 344 g/mol. The molecule has 0 radical (unpaired) electrons. The monoisotopic (exact) mass is 343 g/mol. The molecular formula is C18H18ClN3O2. The number of hydrogen-bond donors (Lipinski definition) is 0. The summed E-state index contributed by atoms with van der Waals surface area (Å²) in [5.41, 5.74) is 0.524. The van der Waals surface area contributed by atoms with Gasteiger partial charge in [0.05, 0.1) is 6.54 Å². The van der Waals surface area contributed by atoms with Gasteiger partial charge in [0.1, 0.15) is 29.8 Å². The zero-order valence-electron chi connectivity index (χ0n) is 13.5. The largest absolute Gasteiger partial charge is 0.457 e. The molecular weight excluding hydrogens is 326 g/mol. The van der Waals surface area contributed by atoms with Gasteiger partial charge in [0.15, 0.2) is 0 Å². The van der Waals surface area contributed by atoms with Crippen molar-refractivity contribution < 1.29 is 9.47 Å². The molecule has 6 heteroatoms. The molecule has 1 aromatic heterocycles. The lowest BCUT2D eigenvalue weighted by molar-refractivity contribution is -0.0157. The molecule has 0 spiro atoms. The SMILES string of the molecule is COC(C)(Cn1cncn1)c1ccc(Oc2ccc(Cl)cc2)cc1. The molecule has 2 aromatic carbocycles. The van der Waals surface area contributed by atoms with E-state index in [1.54, 1.807) is 30.3 Å². The van der Waals surface area contributed by atoms with Crippen LogP contribution in [0.1, 0.15) is 12.5 Å². The third kappa shape index (κ3) is 3.75. The quantitative estimate of drug-likeness (QED) is 0.670. The predicted molar refractivity (Wildman–Crippen MR) is 92.4 cm³/mol. The lowest BCUT2D eigenvalue weighted by Gasteiger charge is -2.28. The van der Waals surface area contributed by atoms with Crippen molar-refractivity contribution in [2.75, 3.05) is 7.11 Å². The van der Waals surface area contributed by atoms with Gasteiger partial charge in [-0.15, -0.1) is 0 Å². The van der Waals surface area contributed by atoms with Crippen molar-refractivity contribution in [3.8, 4) is 11.5 Å². The summed E-state index contributed by atoms with van der Waals surface area (Å²) in [6, 6.07) is 15.1. The van der Waals surface area contributed by atoms with Crippen LogP contribution >= 0.6 is 11.6 Å². The van der Waals surface area contributed by atoms with Crippen molar-refractivity contribution in [1.82, 2.24) is 14.8 Å². The standard InChI is InChI=1S/C18H18ClN3O2/c1-18(23-2,11-22-13-20-12-21-22)14-3-7-16(8-4-14)24-17-9-5-15(19)6-10-17/h3-10,12-13H,11H2,1-2H3. The second-order valence-corrected chi connectivity index (χ2v) is 6.04. The summed E-state index contributed by atoms with van der Waals surface area (Å²) in [4.78, 5) is 3.97. The summed E-state index contributed by atoms with van der Waals surface area (Å²) in [5.74, 6) is 1.49. The van der Waals surface area contributed by atoms with E-state index in [1.807, 2.05) is 43.3 Å². The zero-order chi connectivity index (χ0) is 17.0. The number of methoxy groups -OCH3 is 1. The van der Waals surface area contributed by atoms with Crippen LogP contribution in [0, 0.1) is 0 Å². The van der Waals surface area contributed by atoms with Crippen LogP contribution in [-0.4, -0.2) is 21.9 Å². The van der Waals surface area contributed by atoms with Gasteiger partial charge in [-0.1, -0.05) is 23.7 Å². The Bertz CT molecular complexity index is 773. The molecule has 1 unspecified atom stereocenters. The van der Waals surface area contributed by atoms with Gasteiger partial charge in [-0.25, -0.2) is 9.67 Å². The first-order valence-corrected chi connectivity index (χ1v) is 7.88. The summed E-state index contributed by atoms with van der Waals surface area (Å²) in [6.07, 6.45) is 3.19. The van der Waals surface area contributed by atoms with Crippen LogP contribution in [-0.2, 0) is 16.9 Å². The molecule has 0 aliphatic carbocycles. The van der Waals surface area contributed by atoms with Crippen molar-refractivity contribution in [2.24, 2.45) is 0 Å². The summed E-state index contributed by atoms with van der Waals surface area (Å²) in [5, 5.41) is 4.83. The fourth-order valence-corrected chi connectivity index (χ4v) is 2.54. The molecule has 124 valence electrons. The molecule has 0 bridgehead atoms. The Labute approximate surface area is 145 Å². The van der Waals surface area contributed by atoms with Gasteiger partial charge >= 0.3 is 0 Å². The van der Waals surface area contributed by atoms with Gasteiger partial charge in [-0.05, 0) is 48.9 Å². The summed E-state index contributed by atoms with van der Waals surface area (Å²) >= 11 is 5.88. The fraction of sp³-hybridized carbons (Fsp3) is 0.222. The Morgan fingerprint density at radius 3 is 2.21 bits per heavy atom. The number of benzene rings is 2. The first-order valence-electron chi connectivity index (χ1n) is 7.50. The third-order valence-corrected chi connectivity index (χ3v) is 4.15. The highest BCUT2D eigenvalue weighted by molar-refractivity contribution is 6.30. The molecule has 3 rings (SSSR count). The van der Waals surface area contributed by atoms with Gasteiger partial charge < -0.3 is 9.47 Å². The van der Waals surface area contributed by atoms with Crippen molar-refractivity contribution in [1.29, 1.82) is 0 Å². The Morgan fingerprint density at radius 2 is 1.67 bits per heavy atom. The molecule has 0 fully saturated rings. The van der Waals surface area contributed by atoms with Gasteiger partial charge in [0.25, 0.3) is 0 Å². The summed E-state index contributed by atoms with van der Waals surface area (Å²) in [6.45, 7) is 2.59. The van der Waals surface area contributed by atoms with Gasteiger partial charge in [0.2, 0.25) is 0 Å². The number of ether oxygens (including phenoxy) is 2. The van der Waals surface area contributed by atoms with E-state index in [0.29, 0.717) is 11.6 Å². The molecule has 1 heterocycles. The highest BCUT2D eigenvalue weighted by Crippen LogP contribution is 2.30. The van der Waals surface area contributed by atoms with E-state index in [9.17, 15) is 0 Å². The van der Waals surface area contributed by atoms with Crippen molar-refractivity contribution >= 4 is 11.6 Å². The minimum absolute atomic E-state index is 0.507. The maximum Gasteiger partial charge on any atom is 0.137 e. The third-order valence-electron chi connectivity index (χ3n) is 3.90. The Morgan fingerprint density at radius 1 is 1.04 bits per heavy atom. The lowest BCUT2D eigenvalue weighted by Crippen LogP contribution is -2.30. The van der Waals surface area contributed by atoms with Crippen LogP contribution in [0.3, 0.4) is 0 Å². The van der Waals surface area contributed by atoms with E-state index in [4.69, 9.17) is 21.1 Å². The summed E-state index contributed by atoms with van der Waals surface area (Å²) in [7, 11) is 1.69. The van der Waals surface area contributed by atoms with Gasteiger partial charge in [0, 0.05) is 12.1 Å². The topological polar surface area (TPSA) is 49.2 Å². The van der Waals surface area contributed by atoms with Crippen molar-refractivity contribution in [3.63, 3.8) is 0 Å². The average Bonchev–Trinajstić information content (AvgIpc) is 3.10. The highest BCUT2D eigenvalue weighted by Gasteiger charge is 2.27. The van der Waals surface area contributed by atoms with E-state index in [1.165, 1.54) is 6.33 Å². The predicted octanol–water partition coefficient (Wildman–Crippen LogP) is 4.29. The van der Waals surface area contributed by atoms with Crippen LogP contribution in [0.4, 0.5) is 0 Å². The first-order chi connectivity index (χ1) is 11.6. The fourth-order valence-electron chi connectivity index (χ4n) is 2.41. The van der Waals surface area contributed by atoms with E-state index < -0.39 is 5.60 Å². The van der Waals surface area contributed by atoms with E-state index >= 15 is 0 Å². The zero-order valence-corrected chi connectivity index (χ0v) is 14.3. The smallest absolute Gasteiger partial charge is 0.137 e. The minimum Gasteiger partial charge on any atom is -0.457 e. The lowest BCUT2D eigenvalue weighted by atomic mass is 9.95. The molecule has 24 heavy (non-hydrogen) atoms. The van der Waals surface area contributed by atoms with Crippen LogP contribution < -0.4 is 4.74 Å². The summed E-state index contributed by atoms with van der Waals surface area (Å²) < 4.78 is 13.3. The molecule has 3 aromatic rings. The molecule has 0 aliphatic heterocycles. The highest BCUT2D eigenvalue weighted by atomic mass is 35.5. The number of rotatable bonds is 6. The molecule has 0 amide bonds. The van der Waals surface area contributed by atoms with E-state index in [0.717, 1.165) is 17.1 Å². The second-order valence-electron chi connectivity index (χ2n) is 5.61. The molecule has 0 N–H and O–H groups in total. The molecule has 1 atom stereocenters. The van der Waals surface area contributed by atoms with Crippen molar-refractivity contribution in [3.05, 3.63) is 71.8 Å². The molecule has 5 nitrogen and oxygen atoms in total. The van der Waals surface area contributed by atoms with Gasteiger partial charge in [-0.2, -0.15) is 5.10 Å². The molecule has 0 aliphatic rings. The van der Waals surface area contributed by atoms with E-state index in [-0.39, 0.29) is 0 Å². The molecule has 0 saturated carbocycles. The van der Waals surface area contributed by atoms with Crippen LogP contribution in [0.2, 0.25) is 5.02 Å². The maximum atomic E-state index is 5.88. The number of halogens is 1. The Kier molecular flexibility index (Phi) is 4.83. The van der Waals surface area contributed by atoms with Crippen LogP contribution in [0.25, 0.3) is 0 Å². The second kappa shape index (κ2) is 7.03. The first kappa shape index (κ1) is 16.5.